The van der Waals surface area contributed by atoms with Crippen molar-refractivity contribution in [2.24, 2.45) is 0 Å². The molecule has 0 aliphatic carbocycles. The first kappa shape index (κ1) is 17.0. The molecule has 5 nitrogen and oxygen atoms in total. The molecular weight excluding hydrogens is 326 g/mol. The summed E-state index contributed by atoms with van der Waals surface area (Å²) in [4.78, 5) is 4.09. The second-order valence-electron chi connectivity index (χ2n) is 6.48. The van der Waals surface area contributed by atoms with E-state index in [1.807, 2.05) is 17.1 Å². The Labute approximate surface area is 153 Å². The molecule has 0 bridgehead atoms. The Morgan fingerprint density at radius 2 is 1.81 bits per heavy atom. The average molecular weight is 349 g/mol. The molecule has 0 saturated carbocycles. The Bertz CT molecular complexity index is 807. The van der Waals surface area contributed by atoms with Crippen molar-refractivity contribution in [3.05, 3.63) is 83.9 Å². The maximum Gasteiger partial charge on any atom is 0.184 e. The van der Waals surface area contributed by atoms with Crippen molar-refractivity contribution < 1.29 is 9.47 Å². The molecule has 1 aliphatic heterocycles. The fourth-order valence-electron chi connectivity index (χ4n) is 3.08. The van der Waals surface area contributed by atoms with Crippen molar-refractivity contribution >= 4 is 0 Å². The maximum atomic E-state index is 5.53. The Hall–Kier alpha value is -2.47. The van der Waals surface area contributed by atoms with Gasteiger partial charge >= 0.3 is 0 Å². The van der Waals surface area contributed by atoms with E-state index in [1.54, 1.807) is 6.20 Å². The Balaban J connectivity index is 1.33. The summed E-state index contributed by atoms with van der Waals surface area (Å²) in [6, 6.07) is 17.2. The lowest BCUT2D eigenvalue weighted by Gasteiger charge is -2.16. The molecular formula is C21H23N3O2. The highest BCUT2D eigenvalue weighted by molar-refractivity contribution is 5.35. The van der Waals surface area contributed by atoms with Gasteiger partial charge in [-0.05, 0) is 30.2 Å². The number of rotatable bonds is 6. The smallest absolute Gasteiger partial charge is 0.184 e. The van der Waals surface area contributed by atoms with Gasteiger partial charge in [-0.2, -0.15) is 0 Å². The van der Waals surface area contributed by atoms with E-state index in [4.69, 9.17) is 9.47 Å². The lowest BCUT2D eigenvalue weighted by molar-refractivity contribution is -0.0441. The fraction of sp³-hybridized carbons (Fsp3) is 0.286. The van der Waals surface area contributed by atoms with Gasteiger partial charge in [0.1, 0.15) is 0 Å². The topological polar surface area (TPSA) is 48.3 Å². The van der Waals surface area contributed by atoms with Crippen LogP contribution < -0.4 is 5.32 Å². The molecule has 3 aromatic rings. The van der Waals surface area contributed by atoms with Crippen molar-refractivity contribution in [1.82, 2.24) is 14.9 Å². The van der Waals surface area contributed by atoms with E-state index in [-0.39, 0.29) is 12.3 Å². The van der Waals surface area contributed by atoms with Gasteiger partial charge in [0.25, 0.3) is 0 Å². The molecule has 26 heavy (non-hydrogen) atoms. The summed E-state index contributed by atoms with van der Waals surface area (Å²) in [6.45, 7) is 4.34. The van der Waals surface area contributed by atoms with E-state index in [9.17, 15) is 0 Å². The van der Waals surface area contributed by atoms with Crippen LogP contribution in [0.4, 0.5) is 0 Å². The Morgan fingerprint density at radius 3 is 2.46 bits per heavy atom. The summed E-state index contributed by atoms with van der Waals surface area (Å²) in [5, 5.41) is 3.58. The van der Waals surface area contributed by atoms with Crippen LogP contribution >= 0.6 is 0 Å². The van der Waals surface area contributed by atoms with Crippen LogP contribution in [0.15, 0.2) is 67.3 Å². The van der Waals surface area contributed by atoms with Gasteiger partial charge in [0.05, 0.1) is 19.5 Å². The van der Waals surface area contributed by atoms with Crippen LogP contribution in [0.5, 0.6) is 0 Å². The summed E-state index contributed by atoms with van der Waals surface area (Å²) in [7, 11) is 0. The number of nitrogens with one attached hydrogen (secondary N) is 1. The molecule has 1 fully saturated rings. The zero-order valence-electron chi connectivity index (χ0n) is 14.8. The minimum atomic E-state index is -0.204. The highest BCUT2D eigenvalue weighted by Gasteiger charge is 2.17. The number of aromatic nitrogens is 2. The third-order valence-electron chi connectivity index (χ3n) is 4.68. The van der Waals surface area contributed by atoms with Crippen molar-refractivity contribution in [2.45, 2.75) is 25.8 Å². The second-order valence-corrected chi connectivity index (χ2v) is 6.48. The second kappa shape index (κ2) is 7.83. The summed E-state index contributed by atoms with van der Waals surface area (Å²) < 4.78 is 13.1. The first-order valence-corrected chi connectivity index (χ1v) is 8.93. The molecule has 2 aromatic carbocycles. The van der Waals surface area contributed by atoms with Gasteiger partial charge in [-0.15, -0.1) is 0 Å². The monoisotopic (exact) mass is 349 g/mol. The van der Waals surface area contributed by atoms with Gasteiger partial charge in [-0.3, -0.25) is 0 Å². The van der Waals surface area contributed by atoms with Crippen LogP contribution in [0.1, 0.15) is 35.9 Å². The van der Waals surface area contributed by atoms with Crippen molar-refractivity contribution in [1.29, 1.82) is 0 Å². The third-order valence-corrected chi connectivity index (χ3v) is 4.68. The largest absolute Gasteiger partial charge is 0.346 e. The van der Waals surface area contributed by atoms with Crippen molar-refractivity contribution in [3.63, 3.8) is 0 Å². The molecule has 1 aromatic heterocycles. The Morgan fingerprint density at radius 1 is 1.08 bits per heavy atom. The van der Waals surface area contributed by atoms with Crippen LogP contribution in [-0.4, -0.2) is 22.8 Å². The number of nitrogens with zero attached hydrogens (tertiary/aromatic N) is 2. The van der Waals surface area contributed by atoms with Gasteiger partial charge in [0.2, 0.25) is 0 Å². The molecule has 1 aliphatic rings. The molecule has 4 rings (SSSR count). The summed E-state index contributed by atoms with van der Waals surface area (Å²) in [6.07, 6.45) is 5.34. The van der Waals surface area contributed by atoms with Crippen molar-refractivity contribution in [2.75, 3.05) is 13.2 Å². The number of hydrogen-bond acceptors (Lipinski definition) is 4. The van der Waals surface area contributed by atoms with Crippen molar-refractivity contribution in [3.8, 4) is 5.69 Å². The number of ether oxygens (including phenoxy) is 2. The van der Waals surface area contributed by atoms with Gasteiger partial charge < -0.3 is 19.4 Å². The first-order chi connectivity index (χ1) is 12.8. The summed E-state index contributed by atoms with van der Waals surface area (Å²) in [5.41, 5.74) is 4.70. The SMILES string of the molecule is CC(NCc1ccc(C2OCCO2)cc1)c1ccc(-n2ccnc2)cc1. The zero-order valence-corrected chi connectivity index (χ0v) is 14.8. The molecule has 0 amide bonds. The molecule has 0 spiro atoms. The summed E-state index contributed by atoms with van der Waals surface area (Å²) >= 11 is 0. The van der Waals surface area contributed by atoms with Gasteiger partial charge in [-0.25, -0.2) is 4.98 Å². The van der Waals surface area contributed by atoms with E-state index in [2.05, 4.69) is 65.8 Å². The standard InChI is InChI=1S/C21H23N3O2/c1-16(18-6-8-20(9-7-18)24-11-10-22-15-24)23-14-17-2-4-19(5-3-17)21-25-12-13-26-21/h2-11,15-16,21,23H,12-14H2,1H3. The highest BCUT2D eigenvalue weighted by atomic mass is 16.7. The highest BCUT2D eigenvalue weighted by Crippen LogP contribution is 2.23. The van der Waals surface area contributed by atoms with Crippen LogP contribution in [0.25, 0.3) is 5.69 Å². The van der Waals surface area contributed by atoms with Crippen LogP contribution in [0.3, 0.4) is 0 Å². The number of benzene rings is 2. The predicted molar refractivity (Wildman–Crippen MR) is 99.9 cm³/mol. The van der Waals surface area contributed by atoms with E-state index >= 15 is 0 Å². The minimum Gasteiger partial charge on any atom is -0.346 e. The molecule has 1 unspecified atom stereocenters. The minimum absolute atomic E-state index is 0.204. The maximum absolute atomic E-state index is 5.53. The van der Waals surface area contributed by atoms with Gasteiger partial charge in [0.15, 0.2) is 6.29 Å². The van der Waals surface area contributed by atoms with Gasteiger partial charge in [-0.1, -0.05) is 36.4 Å². The predicted octanol–water partition coefficient (Wildman–Crippen LogP) is 3.77. The molecule has 134 valence electrons. The fourth-order valence-corrected chi connectivity index (χ4v) is 3.08. The van der Waals surface area contributed by atoms with E-state index in [1.165, 1.54) is 11.1 Å². The first-order valence-electron chi connectivity index (χ1n) is 8.93. The molecule has 5 heteroatoms. The molecule has 2 heterocycles. The van der Waals surface area contributed by atoms with Crippen LogP contribution in [-0.2, 0) is 16.0 Å². The van der Waals surface area contributed by atoms with E-state index in [0.29, 0.717) is 13.2 Å². The Kier molecular flexibility index (Phi) is 5.11. The zero-order chi connectivity index (χ0) is 17.8. The van der Waals surface area contributed by atoms with E-state index < -0.39 is 0 Å². The molecule has 0 radical (unpaired) electrons. The quantitative estimate of drug-likeness (QED) is 0.736. The molecule has 1 atom stereocenters. The molecule has 1 saturated heterocycles. The lowest BCUT2D eigenvalue weighted by Crippen LogP contribution is -2.18. The summed E-state index contributed by atoms with van der Waals surface area (Å²) in [5.74, 6) is 0. The number of imidazole rings is 1. The lowest BCUT2D eigenvalue weighted by atomic mass is 10.1. The molecule has 1 N–H and O–H groups in total. The average Bonchev–Trinajstić information content (AvgIpc) is 3.40. The van der Waals surface area contributed by atoms with Crippen LogP contribution in [0, 0.1) is 0 Å². The number of hydrogen-bond donors (Lipinski definition) is 1. The van der Waals surface area contributed by atoms with E-state index in [0.717, 1.165) is 17.8 Å². The van der Waals surface area contributed by atoms with Gasteiger partial charge in [0, 0.05) is 36.2 Å². The normalized spacial score (nSPS) is 16.0. The third kappa shape index (κ3) is 3.85. The van der Waals surface area contributed by atoms with Crippen LogP contribution in [0.2, 0.25) is 0 Å².